The molecule has 0 saturated carbocycles. The summed E-state index contributed by atoms with van der Waals surface area (Å²) in [6, 6.07) is 12.1. The Balaban J connectivity index is 0.00000300. The van der Waals surface area contributed by atoms with Crippen molar-refractivity contribution in [1.29, 1.82) is 0 Å². The van der Waals surface area contributed by atoms with Crippen molar-refractivity contribution in [3.63, 3.8) is 0 Å². The molecule has 1 fully saturated rings. The lowest BCUT2D eigenvalue weighted by Crippen LogP contribution is -2.49. The molecular weight excluding hydrogens is 398 g/mol. The van der Waals surface area contributed by atoms with Gasteiger partial charge in [-0.3, -0.25) is 19.8 Å². The first-order valence-electron chi connectivity index (χ1n) is 9.01. The molecule has 1 amide bonds. The molecule has 156 valence electrons. The molecule has 29 heavy (non-hydrogen) atoms. The van der Waals surface area contributed by atoms with Crippen LogP contribution < -0.4 is 15.4 Å². The quantitative estimate of drug-likeness (QED) is 0.538. The molecule has 1 aromatic heterocycles. The average molecular weight is 422 g/mol. The van der Waals surface area contributed by atoms with Crippen LogP contribution in [-0.4, -0.2) is 54.0 Å². The van der Waals surface area contributed by atoms with Gasteiger partial charge in [0.2, 0.25) is 11.8 Å². The molecule has 1 saturated heterocycles. The van der Waals surface area contributed by atoms with Crippen molar-refractivity contribution in [2.24, 2.45) is 5.73 Å². The minimum Gasteiger partial charge on any atom is -0.481 e. The van der Waals surface area contributed by atoms with Gasteiger partial charge in [-0.05, 0) is 12.1 Å². The van der Waals surface area contributed by atoms with Gasteiger partial charge < -0.3 is 15.4 Å². The molecule has 3 rings (SSSR count). The first-order valence-corrected chi connectivity index (χ1v) is 9.01. The van der Waals surface area contributed by atoms with E-state index in [1.165, 1.54) is 6.07 Å². The Hall–Kier alpha value is -2.91. The predicted octanol–water partition coefficient (Wildman–Crippen LogP) is 2.16. The minimum atomic E-state index is -0.367. The van der Waals surface area contributed by atoms with Crippen molar-refractivity contribution < 1.29 is 14.5 Å². The summed E-state index contributed by atoms with van der Waals surface area (Å²) in [5, 5.41) is 11.4. The molecule has 1 atom stereocenters. The number of carbonyl (C=O) groups excluding carboxylic acids is 1. The van der Waals surface area contributed by atoms with Crippen LogP contribution in [0, 0.1) is 10.1 Å². The smallest absolute Gasteiger partial charge is 0.292 e. The summed E-state index contributed by atoms with van der Waals surface area (Å²) in [5.41, 5.74) is 6.76. The first kappa shape index (κ1) is 22.4. The maximum Gasteiger partial charge on any atom is 0.292 e. The Morgan fingerprint density at radius 3 is 2.72 bits per heavy atom. The number of carbonyl (C=O) groups is 1. The van der Waals surface area contributed by atoms with E-state index in [4.69, 9.17) is 10.5 Å². The predicted molar refractivity (Wildman–Crippen MR) is 111 cm³/mol. The highest BCUT2D eigenvalue weighted by molar-refractivity contribution is 5.85. The van der Waals surface area contributed by atoms with Crippen LogP contribution in [0.1, 0.15) is 18.2 Å². The fourth-order valence-corrected chi connectivity index (χ4v) is 3.46. The Kier molecular flexibility index (Phi) is 7.74. The lowest BCUT2D eigenvalue weighted by atomic mass is 10.1. The number of piperazine rings is 1. The van der Waals surface area contributed by atoms with Crippen molar-refractivity contribution >= 4 is 29.7 Å². The third-order valence-corrected chi connectivity index (χ3v) is 4.85. The normalized spacial score (nSPS) is 16.7. The van der Waals surface area contributed by atoms with Gasteiger partial charge in [0.1, 0.15) is 5.69 Å². The number of rotatable bonds is 7. The van der Waals surface area contributed by atoms with Crippen LogP contribution in [-0.2, 0) is 4.79 Å². The number of aromatic nitrogens is 1. The summed E-state index contributed by atoms with van der Waals surface area (Å²) in [7, 11) is 1.55. The number of halogens is 1. The number of methoxy groups -OCH3 is 1. The molecule has 0 bridgehead atoms. The maximum atomic E-state index is 11.4. The number of ether oxygens (including phenoxy) is 1. The molecule has 1 aromatic carbocycles. The van der Waals surface area contributed by atoms with E-state index >= 15 is 0 Å². The average Bonchev–Trinajstić information content (AvgIpc) is 2.72. The third-order valence-electron chi connectivity index (χ3n) is 4.85. The number of nitro groups is 1. The number of nitrogens with zero attached hydrogens (tertiary/aromatic N) is 4. The van der Waals surface area contributed by atoms with Crippen LogP contribution in [0.3, 0.4) is 0 Å². The number of anilines is 1. The number of para-hydroxylation sites is 2. The zero-order valence-electron chi connectivity index (χ0n) is 16.1. The molecule has 2 aromatic rings. The number of hydrogen-bond donors (Lipinski definition) is 1. The van der Waals surface area contributed by atoms with E-state index < -0.39 is 0 Å². The van der Waals surface area contributed by atoms with Crippen LogP contribution in [0.2, 0.25) is 0 Å². The Morgan fingerprint density at radius 2 is 2.03 bits per heavy atom. The molecule has 0 radical (unpaired) electrons. The molecule has 1 aliphatic heterocycles. The number of hydrogen-bond acceptors (Lipinski definition) is 7. The fourth-order valence-electron chi connectivity index (χ4n) is 3.46. The monoisotopic (exact) mass is 421 g/mol. The molecular formula is C19H24ClN5O4. The number of nitro benzene ring substituents is 1. The topological polar surface area (TPSA) is 115 Å². The highest BCUT2D eigenvalue weighted by Gasteiger charge is 2.32. The van der Waals surface area contributed by atoms with E-state index in [1.807, 2.05) is 17.0 Å². The summed E-state index contributed by atoms with van der Waals surface area (Å²) >= 11 is 0. The molecule has 10 heteroatoms. The fraction of sp³-hybridized carbons (Fsp3) is 0.368. The van der Waals surface area contributed by atoms with Gasteiger partial charge in [-0.2, -0.15) is 0 Å². The van der Waals surface area contributed by atoms with Crippen molar-refractivity contribution in [3.8, 4) is 5.88 Å². The number of benzene rings is 1. The highest BCUT2D eigenvalue weighted by atomic mass is 35.5. The van der Waals surface area contributed by atoms with Gasteiger partial charge in [0.15, 0.2) is 0 Å². The molecule has 1 unspecified atom stereocenters. The van der Waals surface area contributed by atoms with Crippen LogP contribution >= 0.6 is 12.4 Å². The molecule has 1 aliphatic rings. The van der Waals surface area contributed by atoms with Crippen LogP contribution in [0.25, 0.3) is 0 Å². The number of amides is 1. The number of nitrogens with two attached hydrogens (primary N) is 1. The standard InChI is InChI=1S/C19H23N5O4.ClH/c1-28-19-8-4-5-14(21-19)17-13-23(12-11-22(17)10-9-18(20)25)15-6-2-3-7-16(15)24(26)27;/h2-8,17H,9-13H2,1H3,(H2,20,25);1H. The van der Waals surface area contributed by atoms with Gasteiger partial charge in [0, 0.05) is 44.7 Å². The van der Waals surface area contributed by atoms with Gasteiger partial charge in [-0.25, -0.2) is 4.98 Å². The van der Waals surface area contributed by atoms with Crippen molar-refractivity contribution in [1.82, 2.24) is 9.88 Å². The zero-order valence-corrected chi connectivity index (χ0v) is 16.9. The van der Waals surface area contributed by atoms with Crippen molar-refractivity contribution in [3.05, 3.63) is 58.3 Å². The molecule has 2 N–H and O–H groups in total. The van der Waals surface area contributed by atoms with Crippen LogP contribution in [0.15, 0.2) is 42.5 Å². The Bertz CT molecular complexity index is 866. The zero-order chi connectivity index (χ0) is 20.1. The van der Waals surface area contributed by atoms with Gasteiger partial charge in [-0.15, -0.1) is 12.4 Å². The maximum absolute atomic E-state index is 11.4. The van der Waals surface area contributed by atoms with Crippen molar-refractivity contribution in [2.75, 3.05) is 38.2 Å². The van der Waals surface area contributed by atoms with E-state index in [9.17, 15) is 14.9 Å². The second-order valence-electron chi connectivity index (χ2n) is 6.56. The summed E-state index contributed by atoms with van der Waals surface area (Å²) in [6.07, 6.45) is 0.242. The summed E-state index contributed by atoms with van der Waals surface area (Å²) in [5.74, 6) is 0.133. The summed E-state index contributed by atoms with van der Waals surface area (Å²) in [4.78, 5) is 31.0. The lowest BCUT2D eigenvalue weighted by Gasteiger charge is -2.41. The second kappa shape index (κ2) is 10.0. The molecule has 0 aliphatic carbocycles. The van der Waals surface area contributed by atoms with Gasteiger partial charge in [0.05, 0.1) is 23.8 Å². The van der Waals surface area contributed by atoms with Crippen molar-refractivity contribution in [2.45, 2.75) is 12.5 Å². The number of pyridine rings is 1. The summed E-state index contributed by atoms with van der Waals surface area (Å²) in [6.45, 7) is 2.24. The SMILES string of the molecule is COc1cccc(C2CN(c3ccccc3[N+](=O)[O-])CCN2CCC(N)=O)n1.Cl. The van der Waals surface area contributed by atoms with E-state index in [-0.39, 0.29) is 41.4 Å². The van der Waals surface area contributed by atoms with E-state index in [0.29, 0.717) is 37.7 Å². The van der Waals surface area contributed by atoms with Gasteiger partial charge in [-0.1, -0.05) is 18.2 Å². The second-order valence-corrected chi connectivity index (χ2v) is 6.56. The first-order chi connectivity index (χ1) is 13.5. The molecule has 0 spiro atoms. The van der Waals surface area contributed by atoms with Crippen LogP contribution in [0.5, 0.6) is 5.88 Å². The third kappa shape index (κ3) is 5.33. The Labute approximate surface area is 175 Å². The van der Waals surface area contributed by atoms with Crippen LogP contribution in [0.4, 0.5) is 11.4 Å². The van der Waals surface area contributed by atoms with Gasteiger partial charge >= 0.3 is 0 Å². The largest absolute Gasteiger partial charge is 0.481 e. The number of primary amides is 1. The minimum absolute atomic E-state index is 0. The molecule has 9 nitrogen and oxygen atoms in total. The lowest BCUT2D eigenvalue weighted by molar-refractivity contribution is -0.384. The van der Waals surface area contributed by atoms with E-state index in [2.05, 4.69) is 9.88 Å². The van der Waals surface area contributed by atoms with Gasteiger partial charge in [0.25, 0.3) is 5.69 Å². The van der Waals surface area contributed by atoms with E-state index in [1.54, 1.807) is 31.4 Å². The van der Waals surface area contributed by atoms with E-state index in [0.717, 1.165) is 5.69 Å². The molecule has 2 heterocycles. The summed E-state index contributed by atoms with van der Waals surface area (Å²) < 4.78 is 5.23. The Morgan fingerprint density at radius 1 is 1.28 bits per heavy atom. The highest BCUT2D eigenvalue weighted by Crippen LogP contribution is 2.33.